The van der Waals surface area contributed by atoms with Gasteiger partial charge in [-0.15, -0.1) is 0 Å². The highest BCUT2D eigenvalue weighted by Gasteiger charge is 2.60. The number of hydrogen-bond donors (Lipinski definition) is 0. The third kappa shape index (κ3) is 5.30. The van der Waals surface area contributed by atoms with Crippen molar-refractivity contribution in [2.24, 2.45) is 0 Å². The molecule has 1 unspecified atom stereocenters. The van der Waals surface area contributed by atoms with Gasteiger partial charge in [0.25, 0.3) is 15.9 Å². The Balaban J connectivity index is 1.49. The molecule has 11 nitrogen and oxygen atoms in total. The molecule has 0 radical (unpaired) electrons. The lowest BCUT2D eigenvalue weighted by Crippen LogP contribution is -2.56. The Morgan fingerprint density at radius 1 is 0.920 bits per heavy atom. The maximum atomic E-state index is 15.7. The number of nitrogens with zero attached hydrogens (tertiary/aromatic N) is 6. The zero-order chi connectivity index (χ0) is 35.0. The van der Waals surface area contributed by atoms with E-state index in [4.69, 9.17) is 9.47 Å². The van der Waals surface area contributed by atoms with E-state index in [1.165, 1.54) is 25.4 Å². The first kappa shape index (κ1) is 33.0. The van der Waals surface area contributed by atoms with Crippen LogP contribution in [0, 0.1) is 18.3 Å². The van der Waals surface area contributed by atoms with Crippen LogP contribution in [0.1, 0.15) is 35.7 Å². The number of methoxy groups -OCH3 is 1. The number of para-hydroxylation sites is 1. The zero-order valence-corrected chi connectivity index (χ0v) is 28.9. The van der Waals surface area contributed by atoms with Crippen molar-refractivity contribution in [1.82, 2.24) is 14.9 Å². The molecule has 1 amide bonds. The van der Waals surface area contributed by atoms with Crippen LogP contribution < -0.4 is 18.7 Å². The Morgan fingerprint density at radius 2 is 1.76 bits per heavy atom. The van der Waals surface area contributed by atoms with Crippen molar-refractivity contribution in [2.45, 2.75) is 30.7 Å². The van der Waals surface area contributed by atoms with Gasteiger partial charge in [-0.1, -0.05) is 18.2 Å². The van der Waals surface area contributed by atoms with E-state index >= 15 is 4.79 Å². The van der Waals surface area contributed by atoms with Crippen molar-refractivity contribution in [3.05, 3.63) is 114 Å². The number of carbonyl (C=O) groups excluding carboxylic acids is 1. The van der Waals surface area contributed by atoms with Crippen LogP contribution in [-0.4, -0.2) is 69.1 Å². The highest BCUT2D eigenvalue weighted by molar-refractivity contribution is 7.93. The summed E-state index contributed by atoms with van der Waals surface area (Å²) in [5.41, 5.74) is 1.71. The normalized spacial score (nSPS) is 18.1. The second-order valence-corrected chi connectivity index (χ2v) is 14.0. The molecular formula is C38H36N6O5S. The van der Waals surface area contributed by atoms with Crippen LogP contribution in [0.2, 0.25) is 0 Å². The molecule has 12 heteroatoms. The van der Waals surface area contributed by atoms with Gasteiger partial charge in [0.1, 0.15) is 16.4 Å². The van der Waals surface area contributed by atoms with Crippen molar-refractivity contribution >= 4 is 38.2 Å². The fraction of sp³-hybridized carbons (Fsp3) is 0.263. The number of nitriles is 1. The SMILES string of the molecule is CCOc1ccc(OC)cc1C1(N2CCCN(c3ccnc(C)c3)CC2)C(=O)N(S(=O)(=O)c2cccc3cccnc23)c2ccc(C#N)cc21. The van der Waals surface area contributed by atoms with Gasteiger partial charge < -0.3 is 14.4 Å². The highest BCUT2D eigenvalue weighted by atomic mass is 32.2. The summed E-state index contributed by atoms with van der Waals surface area (Å²) in [5, 5.41) is 10.7. The average molecular weight is 689 g/mol. The Kier molecular flexibility index (Phi) is 8.63. The highest BCUT2D eigenvalue weighted by Crippen LogP contribution is 2.54. The van der Waals surface area contributed by atoms with E-state index < -0.39 is 21.5 Å². The molecule has 2 aliphatic rings. The third-order valence-electron chi connectivity index (χ3n) is 9.43. The van der Waals surface area contributed by atoms with Crippen molar-refractivity contribution in [2.75, 3.05) is 49.1 Å². The average Bonchev–Trinajstić information content (AvgIpc) is 3.24. The molecule has 2 aliphatic heterocycles. The Bertz CT molecular complexity index is 2270. The number of ether oxygens (including phenoxy) is 2. The maximum Gasteiger partial charge on any atom is 0.273 e. The van der Waals surface area contributed by atoms with Gasteiger partial charge >= 0.3 is 0 Å². The summed E-state index contributed by atoms with van der Waals surface area (Å²) < 4.78 is 42.7. The van der Waals surface area contributed by atoms with Crippen molar-refractivity contribution in [3.63, 3.8) is 0 Å². The van der Waals surface area contributed by atoms with Gasteiger partial charge in [-0.3, -0.25) is 19.7 Å². The quantitative estimate of drug-likeness (QED) is 0.209. The first-order valence-electron chi connectivity index (χ1n) is 16.5. The van der Waals surface area contributed by atoms with E-state index in [-0.39, 0.29) is 21.7 Å². The van der Waals surface area contributed by atoms with E-state index in [2.05, 4.69) is 20.9 Å². The lowest BCUT2D eigenvalue weighted by molar-refractivity contribution is -0.126. The number of anilines is 2. The molecule has 254 valence electrons. The summed E-state index contributed by atoms with van der Waals surface area (Å²) in [5.74, 6) is 0.182. The van der Waals surface area contributed by atoms with Crippen LogP contribution in [0.15, 0.2) is 96.2 Å². The maximum absolute atomic E-state index is 15.7. The third-order valence-corrected chi connectivity index (χ3v) is 11.2. The fourth-order valence-corrected chi connectivity index (χ4v) is 8.87. The number of hydrogen-bond acceptors (Lipinski definition) is 10. The van der Waals surface area contributed by atoms with Crippen molar-refractivity contribution < 1.29 is 22.7 Å². The number of pyridine rings is 2. The van der Waals surface area contributed by atoms with E-state index in [0.29, 0.717) is 67.2 Å². The predicted octanol–water partition coefficient (Wildman–Crippen LogP) is 5.41. The smallest absolute Gasteiger partial charge is 0.273 e. The van der Waals surface area contributed by atoms with Gasteiger partial charge in [0.15, 0.2) is 5.54 Å². The van der Waals surface area contributed by atoms with E-state index in [0.717, 1.165) is 15.7 Å². The second-order valence-electron chi connectivity index (χ2n) is 12.2. The summed E-state index contributed by atoms with van der Waals surface area (Å²) in [7, 11) is -3.01. The number of sulfonamides is 1. The van der Waals surface area contributed by atoms with Gasteiger partial charge in [-0.05, 0) is 80.9 Å². The zero-order valence-electron chi connectivity index (χ0n) is 28.0. The molecule has 0 spiro atoms. The fourth-order valence-electron chi connectivity index (χ4n) is 7.24. The number of amides is 1. The van der Waals surface area contributed by atoms with E-state index in [9.17, 15) is 13.7 Å². The van der Waals surface area contributed by atoms with Crippen LogP contribution in [0.3, 0.4) is 0 Å². The number of carbonyl (C=O) groups is 1. The van der Waals surface area contributed by atoms with E-state index in [1.54, 1.807) is 60.8 Å². The van der Waals surface area contributed by atoms with Crippen molar-refractivity contribution in [1.29, 1.82) is 5.26 Å². The van der Waals surface area contributed by atoms with Gasteiger partial charge in [0.05, 0.1) is 36.6 Å². The molecule has 0 aliphatic carbocycles. The van der Waals surface area contributed by atoms with Gasteiger partial charge in [-0.2, -0.15) is 5.26 Å². The van der Waals surface area contributed by atoms with Gasteiger partial charge in [0, 0.05) is 66.5 Å². The van der Waals surface area contributed by atoms with Crippen LogP contribution in [0.5, 0.6) is 11.5 Å². The summed E-state index contributed by atoms with van der Waals surface area (Å²) in [6.07, 6.45) is 3.98. The molecule has 4 heterocycles. The molecule has 0 bridgehead atoms. The van der Waals surface area contributed by atoms with Crippen molar-refractivity contribution in [3.8, 4) is 17.6 Å². The van der Waals surface area contributed by atoms with E-state index in [1.807, 2.05) is 30.9 Å². The largest absolute Gasteiger partial charge is 0.497 e. The molecule has 2 aromatic heterocycles. The minimum atomic E-state index is -4.55. The summed E-state index contributed by atoms with van der Waals surface area (Å²) in [4.78, 5) is 28.6. The molecule has 0 saturated carbocycles. The molecule has 5 aromatic rings. The predicted molar refractivity (Wildman–Crippen MR) is 190 cm³/mol. The molecule has 1 atom stereocenters. The monoisotopic (exact) mass is 688 g/mol. The minimum Gasteiger partial charge on any atom is -0.497 e. The second kappa shape index (κ2) is 13.1. The van der Waals surface area contributed by atoms with Crippen LogP contribution >= 0.6 is 0 Å². The Morgan fingerprint density at radius 3 is 2.54 bits per heavy atom. The summed E-state index contributed by atoms with van der Waals surface area (Å²) in [6.45, 7) is 6.17. The number of aryl methyl sites for hydroxylation is 1. The molecule has 1 saturated heterocycles. The molecule has 7 rings (SSSR count). The number of benzene rings is 3. The first-order valence-corrected chi connectivity index (χ1v) is 17.9. The number of fused-ring (bicyclic) bond motifs is 2. The lowest BCUT2D eigenvalue weighted by atomic mass is 9.80. The molecule has 50 heavy (non-hydrogen) atoms. The van der Waals surface area contributed by atoms with Crippen LogP contribution in [0.4, 0.5) is 11.4 Å². The topological polar surface area (TPSA) is 129 Å². The summed E-state index contributed by atoms with van der Waals surface area (Å²) in [6, 6.07) is 24.6. The minimum absolute atomic E-state index is 0.0965. The number of rotatable bonds is 8. The van der Waals surface area contributed by atoms with Gasteiger partial charge in [0.2, 0.25) is 0 Å². The van der Waals surface area contributed by atoms with Crippen LogP contribution in [0.25, 0.3) is 10.9 Å². The summed E-state index contributed by atoms with van der Waals surface area (Å²) >= 11 is 0. The van der Waals surface area contributed by atoms with Gasteiger partial charge in [-0.25, -0.2) is 12.7 Å². The molecular weight excluding hydrogens is 653 g/mol. The Hall–Kier alpha value is -5.51. The lowest BCUT2D eigenvalue weighted by Gasteiger charge is -2.41. The first-order chi connectivity index (χ1) is 24.2. The molecule has 3 aromatic carbocycles. The standard InChI is InChI=1S/C38H36N6O5S/c1-4-49-34-14-12-30(48-3)24-32(34)38(43-19-7-18-42(20-21-43)29-15-17-40-26(2)22-29)31-23-27(25-39)11-13-33(31)44(37(38)45)50(46,47)35-10-5-8-28-9-6-16-41-36(28)35/h5-6,8-17,22-24H,4,7,18-21H2,1-3H3. The Labute approximate surface area is 291 Å². The number of aromatic nitrogens is 2. The molecule has 1 fully saturated rings. The van der Waals surface area contributed by atoms with Crippen LogP contribution in [-0.2, 0) is 20.4 Å². The molecule has 0 N–H and O–H groups in total.